The monoisotopic (exact) mass is 462 g/mol. The van der Waals surface area contributed by atoms with Gasteiger partial charge in [-0.3, -0.25) is 0 Å². The van der Waals surface area contributed by atoms with E-state index in [-0.39, 0.29) is 12.3 Å². The molecule has 1 saturated heterocycles. The Morgan fingerprint density at radius 2 is 1.61 bits per heavy atom. The van der Waals surface area contributed by atoms with Crippen LogP contribution in [-0.4, -0.2) is 32.6 Å². The molecule has 0 aromatic heterocycles. The van der Waals surface area contributed by atoms with Crippen LogP contribution in [-0.2, 0) is 14.3 Å². The molecule has 5 nitrogen and oxygen atoms in total. The van der Waals surface area contributed by atoms with Crippen molar-refractivity contribution in [2.24, 2.45) is 0 Å². The van der Waals surface area contributed by atoms with Gasteiger partial charge >= 0.3 is 0 Å². The first kappa shape index (κ1) is 22.3. The lowest BCUT2D eigenvalue weighted by Gasteiger charge is -2.28. The standard InChI is InChI=1S/C24H28Cl2N2O3/c1-3-27(4-2)17-8-10-18(11-9-17)28-22(24-20(25)6-5-7-21(24)26)16-19(31-28)12-13-23-29-14-15-30-23/h5-11,16,22-23H,3-4,12-15H2,1-2H3. The quantitative estimate of drug-likeness (QED) is 0.455. The molecule has 2 aromatic rings. The summed E-state index contributed by atoms with van der Waals surface area (Å²) in [7, 11) is 0. The first-order valence-electron chi connectivity index (χ1n) is 10.8. The van der Waals surface area contributed by atoms with Crippen molar-refractivity contribution in [2.45, 2.75) is 39.0 Å². The van der Waals surface area contributed by atoms with Gasteiger partial charge in [0.15, 0.2) is 6.29 Å². The highest BCUT2D eigenvalue weighted by Gasteiger charge is 2.32. The highest BCUT2D eigenvalue weighted by molar-refractivity contribution is 6.36. The van der Waals surface area contributed by atoms with Crippen molar-refractivity contribution in [2.75, 3.05) is 36.3 Å². The minimum atomic E-state index is -0.221. The number of allylic oxidation sites excluding steroid dienone is 1. The van der Waals surface area contributed by atoms with Crippen LogP contribution in [0.5, 0.6) is 0 Å². The molecule has 1 fully saturated rings. The Bertz CT molecular complexity index is 889. The van der Waals surface area contributed by atoms with Crippen molar-refractivity contribution in [3.8, 4) is 0 Å². The maximum Gasteiger partial charge on any atom is 0.158 e. The van der Waals surface area contributed by atoms with E-state index in [4.69, 9.17) is 37.5 Å². The molecule has 0 bridgehead atoms. The summed E-state index contributed by atoms with van der Waals surface area (Å²) < 4.78 is 11.1. The summed E-state index contributed by atoms with van der Waals surface area (Å²) in [5, 5.41) is 3.11. The Morgan fingerprint density at radius 1 is 0.968 bits per heavy atom. The van der Waals surface area contributed by atoms with Gasteiger partial charge in [0.1, 0.15) is 11.8 Å². The topological polar surface area (TPSA) is 34.2 Å². The molecule has 2 aromatic carbocycles. The number of hydrogen-bond acceptors (Lipinski definition) is 5. The number of hydrogen-bond donors (Lipinski definition) is 0. The minimum Gasteiger partial charge on any atom is -0.383 e. The van der Waals surface area contributed by atoms with Crippen LogP contribution in [0.1, 0.15) is 38.3 Å². The summed E-state index contributed by atoms with van der Waals surface area (Å²) in [5.41, 5.74) is 2.96. The van der Waals surface area contributed by atoms with E-state index in [9.17, 15) is 0 Å². The molecule has 0 amide bonds. The Hall–Kier alpha value is -1.92. The van der Waals surface area contributed by atoms with Crippen LogP contribution in [0.2, 0.25) is 10.0 Å². The first-order chi connectivity index (χ1) is 15.1. The molecule has 0 spiro atoms. The van der Waals surface area contributed by atoms with E-state index in [2.05, 4.69) is 49.1 Å². The molecule has 0 N–H and O–H groups in total. The summed E-state index contributed by atoms with van der Waals surface area (Å²) in [6.07, 6.45) is 3.36. The molecular weight excluding hydrogens is 435 g/mol. The smallest absolute Gasteiger partial charge is 0.158 e. The fraction of sp³-hybridized carbons (Fsp3) is 0.417. The fourth-order valence-electron chi connectivity index (χ4n) is 4.03. The molecule has 2 aliphatic heterocycles. The average molecular weight is 463 g/mol. The number of rotatable bonds is 8. The molecule has 2 aliphatic rings. The number of ether oxygens (including phenoxy) is 2. The summed E-state index contributed by atoms with van der Waals surface area (Å²) in [4.78, 5) is 8.60. The summed E-state index contributed by atoms with van der Waals surface area (Å²) in [6, 6.07) is 13.7. The van der Waals surface area contributed by atoms with Gasteiger partial charge in [0, 0.05) is 47.2 Å². The number of nitrogens with zero attached hydrogens (tertiary/aromatic N) is 2. The molecule has 0 radical (unpaired) electrons. The lowest BCUT2D eigenvalue weighted by atomic mass is 10.0. The molecule has 7 heteroatoms. The maximum atomic E-state index is 6.55. The third kappa shape index (κ3) is 4.96. The molecule has 1 unspecified atom stereocenters. The minimum absolute atomic E-state index is 0.172. The van der Waals surface area contributed by atoms with Gasteiger partial charge in [-0.1, -0.05) is 29.3 Å². The van der Waals surface area contributed by atoms with Gasteiger partial charge in [-0.05, 0) is 56.3 Å². The van der Waals surface area contributed by atoms with Crippen LogP contribution in [0.4, 0.5) is 11.4 Å². The second-order valence-electron chi connectivity index (χ2n) is 7.53. The van der Waals surface area contributed by atoms with Crippen LogP contribution < -0.4 is 9.96 Å². The lowest BCUT2D eigenvalue weighted by molar-refractivity contribution is -0.0482. The summed E-state index contributed by atoms with van der Waals surface area (Å²) in [5.74, 6) is 0.855. The summed E-state index contributed by atoms with van der Waals surface area (Å²) >= 11 is 13.1. The van der Waals surface area contributed by atoms with Crippen molar-refractivity contribution in [1.29, 1.82) is 0 Å². The van der Waals surface area contributed by atoms with Crippen LogP contribution in [0.25, 0.3) is 0 Å². The molecule has 31 heavy (non-hydrogen) atoms. The second-order valence-corrected chi connectivity index (χ2v) is 8.34. The first-order valence-corrected chi connectivity index (χ1v) is 11.6. The van der Waals surface area contributed by atoms with Crippen molar-refractivity contribution in [3.63, 3.8) is 0 Å². The molecule has 2 heterocycles. The summed E-state index contributed by atoms with van der Waals surface area (Å²) in [6.45, 7) is 7.53. The van der Waals surface area contributed by atoms with Crippen LogP contribution in [0, 0.1) is 0 Å². The number of benzene rings is 2. The molecule has 0 aliphatic carbocycles. The Morgan fingerprint density at radius 3 is 2.23 bits per heavy atom. The maximum absolute atomic E-state index is 6.55. The van der Waals surface area contributed by atoms with Gasteiger partial charge in [-0.25, -0.2) is 0 Å². The Labute approximate surface area is 194 Å². The fourth-order valence-corrected chi connectivity index (χ4v) is 4.65. The van der Waals surface area contributed by atoms with Crippen LogP contribution >= 0.6 is 23.2 Å². The van der Waals surface area contributed by atoms with Crippen molar-refractivity contribution in [3.05, 3.63) is 69.9 Å². The van der Waals surface area contributed by atoms with E-state index in [0.29, 0.717) is 29.7 Å². The zero-order valence-electron chi connectivity index (χ0n) is 17.9. The molecule has 0 saturated carbocycles. The third-order valence-electron chi connectivity index (χ3n) is 5.66. The van der Waals surface area contributed by atoms with Gasteiger partial charge in [0.2, 0.25) is 0 Å². The van der Waals surface area contributed by atoms with E-state index in [1.807, 2.05) is 23.3 Å². The van der Waals surface area contributed by atoms with Crippen LogP contribution in [0.3, 0.4) is 0 Å². The van der Waals surface area contributed by atoms with Gasteiger partial charge in [-0.2, -0.15) is 5.06 Å². The Kier molecular flexibility index (Phi) is 7.28. The lowest BCUT2D eigenvalue weighted by Crippen LogP contribution is -2.24. The van der Waals surface area contributed by atoms with Crippen molar-refractivity contribution >= 4 is 34.6 Å². The number of hydroxylamine groups is 1. The normalized spacial score (nSPS) is 18.9. The number of halogens is 2. The molecular formula is C24H28Cl2N2O3. The molecule has 4 rings (SSSR count). The van der Waals surface area contributed by atoms with Crippen LogP contribution in [0.15, 0.2) is 54.3 Å². The molecule has 166 valence electrons. The molecule has 1 atom stereocenters. The average Bonchev–Trinajstić information content (AvgIpc) is 3.44. The van der Waals surface area contributed by atoms with E-state index >= 15 is 0 Å². The van der Waals surface area contributed by atoms with Crippen molar-refractivity contribution in [1.82, 2.24) is 0 Å². The zero-order chi connectivity index (χ0) is 21.8. The van der Waals surface area contributed by atoms with Gasteiger partial charge in [0.05, 0.1) is 18.9 Å². The number of anilines is 2. The third-order valence-corrected chi connectivity index (χ3v) is 6.32. The highest BCUT2D eigenvalue weighted by atomic mass is 35.5. The van der Waals surface area contributed by atoms with Gasteiger partial charge < -0.3 is 19.2 Å². The van der Waals surface area contributed by atoms with Gasteiger partial charge in [-0.15, -0.1) is 0 Å². The van der Waals surface area contributed by atoms with Gasteiger partial charge in [0.25, 0.3) is 0 Å². The van der Waals surface area contributed by atoms with E-state index in [0.717, 1.165) is 36.5 Å². The largest absolute Gasteiger partial charge is 0.383 e. The second kappa shape index (κ2) is 10.1. The highest BCUT2D eigenvalue weighted by Crippen LogP contribution is 2.42. The van der Waals surface area contributed by atoms with E-state index in [1.54, 1.807) is 0 Å². The predicted molar refractivity (Wildman–Crippen MR) is 126 cm³/mol. The predicted octanol–water partition coefficient (Wildman–Crippen LogP) is 6.37. The SMILES string of the molecule is CCN(CC)c1ccc(N2OC(CCC3OCCO3)=CC2c2c(Cl)cccc2Cl)cc1. The van der Waals surface area contributed by atoms with Crippen molar-refractivity contribution < 1.29 is 14.3 Å². The zero-order valence-corrected chi connectivity index (χ0v) is 19.4. The van der Waals surface area contributed by atoms with E-state index < -0.39 is 0 Å². The van der Waals surface area contributed by atoms with E-state index in [1.165, 1.54) is 5.69 Å². The Balaban J connectivity index is 1.60.